The van der Waals surface area contributed by atoms with Crippen molar-refractivity contribution in [2.45, 2.75) is 12.6 Å². The molecule has 7 aromatic carbocycles. The summed E-state index contributed by atoms with van der Waals surface area (Å²) in [5, 5.41) is 3.13. The van der Waals surface area contributed by atoms with Gasteiger partial charge in [0.2, 0.25) is 0 Å². The Balaban J connectivity index is 1.52. The zero-order valence-electron chi connectivity index (χ0n) is 30.7. The van der Waals surface area contributed by atoms with Crippen LogP contribution in [0.4, 0.5) is 0 Å². The second-order valence-electron chi connectivity index (χ2n) is 13.7. The van der Waals surface area contributed by atoms with Crippen LogP contribution in [-0.2, 0) is 20.7 Å². The third-order valence-corrected chi connectivity index (χ3v) is 24.8. The van der Waals surface area contributed by atoms with Gasteiger partial charge in [-0.3, -0.25) is 0 Å². The van der Waals surface area contributed by atoms with E-state index in [2.05, 4.69) is 0 Å². The quantitative estimate of drug-likeness (QED) is 0.141. The van der Waals surface area contributed by atoms with Gasteiger partial charge < -0.3 is 0 Å². The molecule has 0 unspecified atom stereocenters. The number of halogens is 2. The van der Waals surface area contributed by atoms with E-state index in [1.54, 1.807) is 146 Å². The molecule has 0 saturated heterocycles. The summed E-state index contributed by atoms with van der Waals surface area (Å²) in [5.74, 6) is 0. The summed E-state index contributed by atoms with van der Waals surface area (Å²) in [6, 6.07) is 61.3. The van der Waals surface area contributed by atoms with Crippen LogP contribution in [0.2, 0.25) is 0 Å². The van der Waals surface area contributed by atoms with E-state index in [9.17, 15) is 28.0 Å². The molecule has 12 heteroatoms. The Hall–Kier alpha value is -4.34. The first-order valence-electron chi connectivity index (χ1n) is 18.1. The van der Waals surface area contributed by atoms with Crippen molar-refractivity contribution in [2.24, 2.45) is 0 Å². The molecule has 0 saturated carbocycles. The Morgan fingerprint density at radius 1 is 0.316 bits per heavy atom. The van der Waals surface area contributed by atoms with Gasteiger partial charge in [-0.05, 0) is 0 Å². The molecule has 0 aliphatic carbocycles. The molecule has 0 amide bonds. The maximum absolute atomic E-state index is 13.3. The van der Waals surface area contributed by atoms with E-state index in [4.69, 9.17) is 8.15 Å². The van der Waals surface area contributed by atoms with Gasteiger partial charge in [-0.2, -0.15) is 0 Å². The van der Waals surface area contributed by atoms with E-state index in [1.165, 1.54) is 0 Å². The van der Waals surface area contributed by atoms with Gasteiger partial charge in [0.1, 0.15) is 0 Å². The first kappa shape index (κ1) is 40.8. The number of aryl methyl sites for hydroxylation is 1. The third kappa shape index (κ3) is 7.58. The molecule has 57 heavy (non-hydrogen) atoms. The second-order valence-corrected chi connectivity index (χ2v) is 25.1. The number of hydrogen-bond donors (Lipinski definition) is 0. The Labute approximate surface area is 336 Å². The van der Waals surface area contributed by atoms with E-state index in [1.807, 2.05) is 60.7 Å². The monoisotopic (exact) mass is 840 g/mol. The molecule has 7 aromatic rings. The van der Waals surface area contributed by atoms with Crippen LogP contribution in [0.15, 0.2) is 206 Å². The molecule has 7 rings (SSSR count). The Morgan fingerprint density at radius 3 is 0.860 bits per heavy atom. The summed E-state index contributed by atoms with van der Waals surface area (Å²) >= 11 is 0. The van der Waals surface area contributed by atoms with Crippen LogP contribution >= 0.6 is 13.7 Å². The molecular formula is C45H40Cl2O8P2. The van der Waals surface area contributed by atoms with Crippen LogP contribution in [0.25, 0.3) is 0 Å². The zero-order chi connectivity index (χ0) is 40.1. The van der Waals surface area contributed by atoms with E-state index >= 15 is 0 Å². The fourth-order valence-corrected chi connectivity index (χ4v) is 23.2. The summed E-state index contributed by atoms with van der Waals surface area (Å²) in [5.41, 5.74) is 1.36. The predicted molar refractivity (Wildman–Crippen MR) is 211 cm³/mol. The summed E-state index contributed by atoms with van der Waals surface area (Å²) in [7, 11) is -10.1. The molecule has 0 atom stereocenters. The van der Waals surface area contributed by atoms with Gasteiger partial charge in [0.25, 0.3) is 0 Å². The van der Waals surface area contributed by atoms with Crippen LogP contribution in [0, 0.1) is 20.5 Å². The standard InChI is InChI=1S/C45H40Cl2O8P2/c48-46(49,50)54-56(40-23-7-1-8-24-40,41-25-9-2-10-26-41,42-27-11-3-12-28-42)36-35-38-21-19-20-22-39(38)37-57(55-47(51,52)53,43-29-13-4-14-30-43,44-31-15-5-16-32-44)45-33-17-6-18-34-45/h1-34H,35-37H2. The summed E-state index contributed by atoms with van der Waals surface area (Å²) in [6.07, 6.45) is 0.113. The van der Waals surface area contributed by atoms with Crippen molar-refractivity contribution < 1.29 is 56.6 Å². The van der Waals surface area contributed by atoms with Gasteiger partial charge >= 0.3 is 338 Å². The van der Waals surface area contributed by atoms with Gasteiger partial charge in [-0.15, -0.1) is 0 Å². The molecule has 0 spiro atoms. The first-order chi connectivity index (χ1) is 27.4. The predicted octanol–water partition coefficient (Wildman–Crippen LogP) is 1.45. The molecular weight excluding hydrogens is 801 g/mol. The van der Waals surface area contributed by atoms with E-state index in [-0.39, 0.29) is 18.7 Å². The molecule has 0 aliphatic rings. The molecule has 0 radical (unpaired) electrons. The van der Waals surface area contributed by atoms with Crippen molar-refractivity contribution in [3.63, 3.8) is 0 Å². The van der Waals surface area contributed by atoms with Gasteiger partial charge in [0.05, 0.1) is 0 Å². The zero-order valence-corrected chi connectivity index (χ0v) is 34.0. The van der Waals surface area contributed by atoms with E-state index < -0.39 is 34.1 Å². The van der Waals surface area contributed by atoms with Gasteiger partial charge in [-0.1, -0.05) is 0 Å². The normalized spacial score (nSPS) is 13.9. The third-order valence-electron chi connectivity index (χ3n) is 10.7. The minimum absolute atomic E-state index is 0.0199. The fourth-order valence-electron chi connectivity index (χ4n) is 8.30. The molecule has 8 nitrogen and oxygen atoms in total. The summed E-state index contributed by atoms with van der Waals surface area (Å²) in [6.45, 7) is -9.57. The topological polar surface area (TPSA) is 157 Å². The summed E-state index contributed by atoms with van der Waals surface area (Å²) < 4.78 is 91.9. The van der Waals surface area contributed by atoms with Crippen LogP contribution in [0.3, 0.4) is 0 Å². The molecule has 0 N–H and O–H groups in total. The molecule has 0 aromatic heterocycles. The SMILES string of the molecule is [O-][Cl+3]([O-])([O-])OP(CCc1ccccc1CP(O[Cl+3]([O-])([O-])[O-])(c1ccccc1)(c1ccccc1)c1ccccc1)(c1ccccc1)(c1ccccc1)c1ccccc1. The van der Waals surface area contributed by atoms with Gasteiger partial charge in [-0.25, -0.2) is 0 Å². The van der Waals surface area contributed by atoms with Crippen LogP contribution in [0.1, 0.15) is 11.1 Å². The van der Waals surface area contributed by atoms with Gasteiger partial charge in [0.15, 0.2) is 0 Å². The summed E-state index contributed by atoms with van der Waals surface area (Å²) in [4.78, 5) is 0. The Bertz CT molecular complexity index is 2190. The maximum atomic E-state index is 13.3. The molecule has 0 heterocycles. The molecule has 0 bridgehead atoms. The second kappa shape index (κ2) is 16.1. The number of benzene rings is 7. The van der Waals surface area contributed by atoms with Crippen molar-refractivity contribution in [1.82, 2.24) is 0 Å². The minimum atomic E-state index is -5.04. The van der Waals surface area contributed by atoms with Crippen LogP contribution < -0.4 is 59.8 Å². The van der Waals surface area contributed by atoms with Crippen molar-refractivity contribution >= 4 is 45.5 Å². The Kier molecular flexibility index (Phi) is 11.6. The molecule has 0 aliphatic heterocycles. The van der Waals surface area contributed by atoms with Crippen molar-refractivity contribution in [3.8, 4) is 0 Å². The van der Waals surface area contributed by atoms with Crippen molar-refractivity contribution in [3.05, 3.63) is 217 Å². The molecule has 0 fully saturated rings. The number of hydrogen-bond acceptors (Lipinski definition) is 8. The first-order valence-corrected chi connectivity index (χ1v) is 25.2. The number of rotatable bonds is 15. The average Bonchev–Trinajstić information content (AvgIpc) is 3.24. The molecule has 292 valence electrons. The fraction of sp³-hybridized carbons (Fsp3) is 0.0667. The van der Waals surface area contributed by atoms with Crippen LogP contribution in [0.5, 0.6) is 0 Å². The van der Waals surface area contributed by atoms with Crippen molar-refractivity contribution in [1.29, 1.82) is 0 Å². The van der Waals surface area contributed by atoms with Gasteiger partial charge in [0, 0.05) is 0 Å². The Morgan fingerprint density at radius 2 is 0.561 bits per heavy atom. The van der Waals surface area contributed by atoms with E-state index in [0.717, 1.165) is 0 Å². The van der Waals surface area contributed by atoms with Crippen molar-refractivity contribution in [2.75, 3.05) is 6.16 Å². The average molecular weight is 842 g/mol. The van der Waals surface area contributed by atoms with E-state index in [0.29, 0.717) is 43.0 Å². The van der Waals surface area contributed by atoms with Crippen LogP contribution in [-0.4, -0.2) is 6.16 Å².